The first-order chi connectivity index (χ1) is 11.2. The molecule has 0 atom stereocenters. The van der Waals surface area contributed by atoms with Gasteiger partial charge in [-0.25, -0.2) is 12.8 Å². The van der Waals surface area contributed by atoms with E-state index < -0.39 is 10.0 Å². The Hall–Kier alpha value is -1.86. The Morgan fingerprint density at radius 2 is 1.88 bits per heavy atom. The zero-order valence-electron chi connectivity index (χ0n) is 13.2. The zero-order valence-corrected chi connectivity index (χ0v) is 14.9. The van der Waals surface area contributed by atoms with Crippen LogP contribution in [0.3, 0.4) is 0 Å². The maximum Gasteiger partial charge on any atom is 0.229 e. The minimum Gasteiger partial charge on any atom is -0.294 e. The van der Waals surface area contributed by atoms with E-state index in [4.69, 9.17) is 0 Å². The molecule has 0 saturated heterocycles. The number of benzene rings is 2. The van der Waals surface area contributed by atoms with Crippen molar-refractivity contribution >= 4 is 33.3 Å². The van der Waals surface area contributed by atoms with Gasteiger partial charge in [-0.15, -0.1) is 0 Å². The molecule has 0 aromatic heterocycles. The van der Waals surface area contributed by atoms with Gasteiger partial charge in [0.15, 0.2) is 5.78 Å². The number of hydrogen-bond donors (Lipinski definition) is 1. The predicted octanol–water partition coefficient (Wildman–Crippen LogP) is 3.79. The molecule has 2 aromatic carbocycles. The number of aryl methyl sites for hydroxylation is 2. The molecule has 3 rings (SSSR count). The van der Waals surface area contributed by atoms with Gasteiger partial charge in [-0.05, 0) is 48.7 Å². The lowest BCUT2D eigenvalue weighted by atomic mass is 10.1. The third kappa shape index (κ3) is 3.62. The normalized spacial score (nSPS) is 13.9. The standard InChI is InChI=1S/C17H16FNO3S2/c1-10-3-6-16(13(18)7-10)23-17-9-12-11(4-5-15(12)20)8-14(17)19-24(2,21)22/h3,6-9,19H,4-5H2,1-2H3. The van der Waals surface area contributed by atoms with Crippen LogP contribution in [0.15, 0.2) is 40.1 Å². The van der Waals surface area contributed by atoms with E-state index in [-0.39, 0.29) is 11.6 Å². The van der Waals surface area contributed by atoms with Gasteiger partial charge in [-0.3, -0.25) is 9.52 Å². The number of carbonyl (C=O) groups excluding carboxylic acids is 1. The number of ketones is 1. The van der Waals surface area contributed by atoms with Crippen LogP contribution in [-0.2, 0) is 16.4 Å². The fraction of sp³-hybridized carbons (Fsp3) is 0.235. The summed E-state index contributed by atoms with van der Waals surface area (Å²) in [7, 11) is -3.48. The lowest BCUT2D eigenvalue weighted by Gasteiger charge is -2.13. The van der Waals surface area contributed by atoms with Gasteiger partial charge in [0.1, 0.15) is 5.82 Å². The third-order valence-electron chi connectivity index (χ3n) is 3.73. The van der Waals surface area contributed by atoms with Crippen molar-refractivity contribution in [2.45, 2.75) is 29.6 Å². The van der Waals surface area contributed by atoms with E-state index in [1.54, 1.807) is 31.2 Å². The number of hydrogen-bond acceptors (Lipinski definition) is 4. The van der Waals surface area contributed by atoms with Crippen LogP contribution in [0.1, 0.15) is 27.9 Å². The van der Waals surface area contributed by atoms with Crippen molar-refractivity contribution < 1.29 is 17.6 Å². The lowest BCUT2D eigenvalue weighted by molar-refractivity contribution is 0.0994. The van der Waals surface area contributed by atoms with Crippen molar-refractivity contribution in [1.82, 2.24) is 0 Å². The first-order valence-electron chi connectivity index (χ1n) is 7.35. The highest BCUT2D eigenvalue weighted by molar-refractivity contribution is 7.99. The largest absolute Gasteiger partial charge is 0.294 e. The van der Waals surface area contributed by atoms with Crippen molar-refractivity contribution in [2.75, 3.05) is 11.0 Å². The van der Waals surface area contributed by atoms with Gasteiger partial charge in [-0.2, -0.15) is 0 Å². The Morgan fingerprint density at radius 1 is 1.12 bits per heavy atom. The Kier molecular flexibility index (Phi) is 4.40. The monoisotopic (exact) mass is 365 g/mol. The Morgan fingerprint density at radius 3 is 2.54 bits per heavy atom. The number of nitrogens with one attached hydrogen (secondary N) is 1. The van der Waals surface area contributed by atoms with E-state index in [1.807, 2.05) is 0 Å². The van der Waals surface area contributed by atoms with Gasteiger partial charge in [0.2, 0.25) is 10.0 Å². The van der Waals surface area contributed by atoms with Crippen LogP contribution in [0.4, 0.5) is 10.1 Å². The van der Waals surface area contributed by atoms with Gasteiger partial charge < -0.3 is 0 Å². The predicted molar refractivity (Wildman–Crippen MR) is 92.8 cm³/mol. The first kappa shape index (κ1) is 17.0. The fourth-order valence-corrected chi connectivity index (χ4v) is 4.20. The second-order valence-electron chi connectivity index (χ2n) is 5.84. The van der Waals surface area contributed by atoms with Gasteiger partial charge in [0.05, 0.1) is 11.9 Å². The Labute approximate surface area is 144 Å². The smallest absolute Gasteiger partial charge is 0.229 e. The molecule has 0 aliphatic heterocycles. The first-order valence-corrected chi connectivity index (χ1v) is 10.1. The van der Waals surface area contributed by atoms with E-state index in [1.165, 1.54) is 6.07 Å². The van der Waals surface area contributed by atoms with Crippen LogP contribution in [0.2, 0.25) is 0 Å². The molecule has 4 nitrogen and oxygen atoms in total. The summed E-state index contributed by atoms with van der Waals surface area (Å²) in [5.74, 6) is -0.348. The summed E-state index contributed by atoms with van der Waals surface area (Å²) in [6, 6.07) is 8.19. The zero-order chi connectivity index (χ0) is 17.5. The molecule has 1 N–H and O–H groups in total. The molecule has 7 heteroatoms. The molecular formula is C17H16FNO3S2. The molecule has 1 aliphatic carbocycles. The fourth-order valence-electron chi connectivity index (χ4n) is 2.64. The third-order valence-corrected chi connectivity index (χ3v) is 5.43. The van der Waals surface area contributed by atoms with Crippen molar-refractivity contribution in [2.24, 2.45) is 0 Å². The number of fused-ring (bicyclic) bond motifs is 1. The summed E-state index contributed by atoms with van der Waals surface area (Å²) in [6.45, 7) is 1.79. The van der Waals surface area contributed by atoms with Crippen LogP contribution >= 0.6 is 11.8 Å². The van der Waals surface area contributed by atoms with E-state index in [2.05, 4.69) is 4.72 Å². The molecule has 126 valence electrons. The molecular weight excluding hydrogens is 349 g/mol. The summed E-state index contributed by atoms with van der Waals surface area (Å²) < 4.78 is 39.8. The molecule has 0 radical (unpaired) electrons. The maximum absolute atomic E-state index is 14.1. The summed E-state index contributed by atoms with van der Waals surface area (Å²) >= 11 is 1.10. The second kappa shape index (κ2) is 6.22. The van der Waals surface area contributed by atoms with E-state index in [0.717, 1.165) is 29.1 Å². The molecule has 0 amide bonds. The highest BCUT2D eigenvalue weighted by Crippen LogP contribution is 2.39. The second-order valence-corrected chi connectivity index (χ2v) is 8.67. The lowest BCUT2D eigenvalue weighted by Crippen LogP contribution is -2.11. The van der Waals surface area contributed by atoms with Crippen molar-refractivity contribution in [1.29, 1.82) is 0 Å². The SMILES string of the molecule is Cc1ccc(Sc2cc3c(cc2NS(C)(=O)=O)CCC3=O)c(F)c1. The summed E-state index contributed by atoms with van der Waals surface area (Å²) in [5, 5.41) is 0. The topological polar surface area (TPSA) is 63.2 Å². The van der Waals surface area contributed by atoms with Gasteiger partial charge >= 0.3 is 0 Å². The summed E-state index contributed by atoms with van der Waals surface area (Å²) in [4.78, 5) is 12.8. The maximum atomic E-state index is 14.1. The molecule has 1 aliphatic rings. The average Bonchev–Trinajstić information content (AvgIpc) is 2.81. The number of anilines is 1. The minimum atomic E-state index is -3.48. The summed E-state index contributed by atoms with van der Waals surface area (Å²) in [6.07, 6.45) is 2.07. The van der Waals surface area contributed by atoms with Gasteiger partial charge in [0, 0.05) is 21.8 Å². The molecule has 0 saturated carbocycles. The Balaban J connectivity index is 2.07. The molecule has 24 heavy (non-hydrogen) atoms. The molecule has 2 aromatic rings. The number of halogens is 1. The molecule has 0 unspecified atom stereocenters. The van der Waals surface area contributed by atoms with Crippen molar-refractivity contribution in [3.05, 3.63) is 52.8 Å². The minimum absolute atomic E-state index is 0.0298. The highest BCUT2D eigenvalue weighted by atomic mass is 32.2. The number of carbonyl (C=O) groups is 1. The van der Waals surface area contributed by atoms with Crippen LogP contribution in [0, 0.1) is 12.7 Å². The Bertz CT molecular complexity index is 939. The quantitative estimate of drug-likeness (QED) is 0.895. The number of sulfonamides is 1. The van der Waals surface area contributed by atoms with Crippen LogP contribution in [0.5, 0.6) is 0 Å². The van der Waals surface area contributed by atoms with E-state index in [9.17, 15) is 17.6 Å². The van der Waals surface area contributed by atoms with E-state index >= 15 is 0 Å². The van der Waals surface area contributed by atoms with Gasteiger partial charge in [0.25, 0.3) is 0 Å². The van der Waals surface area contributed by atoms with Crippen molar-refractivity contribution in [3.63, 3.8) is 0 Å². The number of Topliss-reactive ketones (excluding diaryl/α,β-unsaturated/α-hetero) is 1. The van der Waals surface area contributed by atoms with Crippen LogP contribution in [-0.4, -0.2) is 20.5 Å². The summed E-state index contributed by atoms with van der Waals surface area (Å²) in [5.41, 5.74) is 2.58. The molecule has 0 spiro atoms. The average molecular weight is 365 g/mol. The molecule has 0 fully saturated rings. The van der Waals surface area contributed by atoms with Crippen LogP contribution in [0.25, 0.3) is 0 Å². The highest BCUT2D eigenvalue weighted by Gasteiger charge is 2.23. The van der Waals surface area contributed by atoms with E-state index in [0.29, 0.717) is 33.9 Å². The molecule has 0 bridgehead atoms. The molecule has 0 heterocycles. The number of rotatable bonds is 4. The van der Waals surface area contributed by atoms with Crippen LogP contribution < -0.4 is 4.72 Å². The van der Waals surface area contributed by atoms with Gasteiger partial charge in [-0.1, -0.05) is 17.8 Å². The van der Waals surface area contributed by atoms with Crippen molar-refractivity contribution in [3.8, 4) is 0 Å².